The fourth-order valence-corrected chi connectivity index (χ4v) is 5.21. The van der Waals surface area contributed by atoms with Gasteiger partial charge in [-0.25, -0.2) is 9.29 Å². The Labute approximate surface area is 153 Å². The predicted octanol–water partition coefficient (Wildman–Crippen LogP) is 0.825. The number of Topliss-reactive ketones (excluding diaryl/α,β-unsaturated/α-hetero) is 1. The van der Waals surface area contributed by atoms with E-state index in [1.165, 1.54) is 18.0 Å². The molecule has 1 amide bonds. The molecule has 1 fully saturated rings. The highest BCUT2D eigenvalue weighted by atomic mass is 32.2. The average Bonchev–Trinajstić information content (AvgIpc) is 2.95. The maximum atomic E-state index is 12.3. The molecule has 0 saturated carbocycles. The van der Waals surface area contributed by atoms with Crippen molar-refractivity contribution in [3.05, 3.63) is 11.1 Å². The zero-order valence-electron chi connectivity index (χ0n) is 13.3. The van der Waals surface area contributed by atoms with E-state index in [9.17, 15) is 22.6 Å². The topological polar surface area (TPSA) is 155 Å². The van der Waals surface area contributed by atoms with Crippen LogP contribution in [0.5, 0.6) is 0 Å². The smallest absolute Gasteiger partial charge is 0.362 e. The number of carbonyl (C=O) groups excluding carboxylic acids is 2. The average molecular weight is 407 g/mol. The fraction of sp³-hybridized carbons (Fsp3) is 0.538. The summed E-state index contributed by atoms with van der Waals surface area (Å²) in [6.07, 6.45) is 1.89. The molecule has 2 heterocycles. The van der Waals surface area contributed by atoms with Gasteiger partial charge in [-0.15, -0.1) is 0 Å². The summed E-state index contributed by atoms with van der Waals surface area (Å²) in [5.41, 5.74) is 5.16. The molecule has 0 radical (unpaired) electrons. The van der Waals surface area contributed by atoms with Crippen LogP contribution in [0.2, 0.25) is 0 Å². The van der Waals surface area contributed by atoms with E-state index in [1.807, 2.05) is 6.92 Å². The second-order valence-corrected chi connectivity index (χ2v) is 8.93. The molecule has 0 unspecified atom stereocenters. The van der Waals surface area contributed by atoms with Crippen LogP contribution in [0.15, 0.2) is 6.20 Å². The number of anilines is 1. The molecule has 1 aromatic heterocycles. The first-order chi connectivity index (χ1) is 11.7. The number of rotatable bonds is 9. The Balaban J connectivity index is 2.09. The lowest BCUT2D eigenvalue weighted by atomic mass is 9.86. The lowest BCUT2D eigenvalue weighted by Crippen LogP contribution is -2.64. The maximum absolute atomic E-state index is 12.3. The van der Waals surface area contributed by atoms with Gasteiger partial charge in [-0.1, -0.05) is 18.3 Å². The van der Waals surface area contributed by atoms with Gasteiger partial charge in [0.2, 0.25) is 5.91 Å². The SMILES string of the molecule is CCCSC[C@H]1[C@H](CC(=O)C(=N)c2cnc(N)s2)C(=O)N1S(=O)(=O)O. The number of amides is 1. The van der Waals surface area contributed by atoms with Crippen molar-refractivity contribution in [1.29, 1.82) is 5.41 Å². The molecular weight excluding hydrogens is 388 g/mol. The summed E-state index contributed by atoms with van der Waals surface area (Å²) >= 11 is 2.43. The number of hydrogen-bond acceptors (Lipinski definition) is 9. The van der Waals surface area contributed by atoms with Crippen LogP contribution in [0, 0.1) is 11.3 Å². The van der Waals surface area contributed by atoms with E-state index in [4.69, 9.17) is 11.1 Å². The molecule has 12 heteroatoms. The van der Waals surface area contributed by atoms with E-state index in [0.717, 1.165) is 23.5 Å². The molecule has 0 aromatic carbocycles. The Bertz CT molecular complexity index is 791. The molecule has 2 atom stereocenters. The van der Waals surface area contributed by atoms with Crippen LogP contribution < -0.4 is 5.73 Å². The Morgan fingerprint density at radius 3 is 2.76 bits per heavy atom. The molecule has 0 aliphatic carbocycles. The van der Waals surface area contributed by atoms with Gasteiger partial charge < -0.3 is 5.73 Å². The summed E-state index contributed by atoms with van der Waals surface area (Å²) < 4.78 is 32.3. The van der Waals surface area contributed by atoms with E-state index < -0.39 is 34.0 Å². The number of nitrogens with one attached hydrogen (secondary N) is 1. The molecule has 0 spiro atoms. The number of ketones is 1. The van der Waals surface area contributed by atoms with E-state index in [-0.39, 0.29) is 27.9 Å². The first kappa shape index (κ1) is 19.8. The van der Waals surface area contributed by atoms with Gasteiger partial charge in [0, 0.05) is 18.4 Å². The van der Waals surface area contributed by atoms with Gasteiger partial charge in [-0.2, -0.15) is 20.2 Å². The maximum Gasteiger partial charge on any atom is 0.362 e. The summed E-state index contributed by atoms with van der Waals surface area (Å²) in [6.45, 7) is 1.96. The third-order valence-electron chi connectivity index (χ3n) is 3.64. The number of nitrogens with zero attached hydrogens (tertiary/aromatic N) is 2. The van der Waals surface area contributed by atoms with Crippen molar-refractivity contribution in [2.24, 2.45) is 5.92 Å². The number of hydrogen-bond donors (Lipinski definition) is 3. The number of aromatic nitrogens is 1. The predicted molar refractivity (Wildman–Crippen MR) is 96.3 cm³/mol. The summed E-state index contributed by atoms with van der Waals surface area (Å²) in [5, 5.41) is 8.10. The standard InChI is InChI=1S/C13H18N4O5S3/c1-2-3-23-6-8-7(12(19)17(8)25(20,21)22)4-9(18)11(14)10-5-16-13(15)24-10/h5,7-8,14H,2-4,6H2,1H3,(H2,15,16)(H,20,21,22)/t7-,8-/m0/s1. The Hall–Kier alpha value is -1.50. The van der Waals surface area contributed by atoms with Crippen LogP contribution in [-0.4, -0.2) is 57.2 Å². The highest BCUT2D eigenvalue weighted by molar-refractivity contribution is 7.99. The van der Waals surface area contributed by atoms with Crippen LogP contribution in [0.1, 0.15) is 24.6 Å². The van der Waals surface area contributed by atoms with Crippen molar-refractivity contribution in [2.75, 3.05) is 17.2 Å². The number of β-lactam (4-membered cyclic amide) rings is 1. The van der Waals surface area contributed by atoms with Crippen LogP contribution in [-0.2, 0) is 19.9 Å². The largest absolute Gasteiger partial charge is 0.375 e. The van der Waals surface area contributed by atoms with Gasteiger partial charge in [0.15, 0.2) is 10.9 Å². The van der Waals surface area contributed by atoms with Crippen molar-refractivity contribution in [3.8, 4) is 0 Å². The normalized spacial score (nSPS) is 20.4. The molecule has 25 heavy (non-hydrogen) atoms. The fourth-order valence-electron chi connectivity index (χ4n) is 2.46. The third-order valence-corrected chi connectivity index (χ3v) is 6.71. The molecular formula is C13H18N4O5S3. The van der Waals surface area contributed by atoms with Crippen LogP contribution in [0.25, 0.3) is 0 Å². The first-order valence-corrected chi connectivity index (χ1v) is 10.8. The van der Waals surface area contributed by atoms with Crippen molar-refractivity contribution >= 4 is 55.9 Å². The monoisotopic (exact) mass is 406 g/mol. The van der Waals surface area contributed by atoms with Gasteiger partial charge in [0.05, 0.1) is 16.8 Å². The number of nitrogen functional groups attached to an aromatic ring is 1. The number of nitrogens with two attached hydrogens (primary N) is 1. The number of thioether (sulfide) groups is 1. The number of thiazole rings is 1. The first-order valence-electron chi connectivity index (χ1n) is 7.38. The third kappa shape index (κ3) is 4.37. The second-order valence-electron chi connectivity index (χ2n) is 5.43. The molecule has 4 N–H and O–H groups in total. The summed E-state index contributed by atoms with van der Waals surface area (Å²) in [7, 11) is -4.66. The molecule has 9 nitrogen and oxygen atoms in total. The molecule has 1 aliphatic heterocycles. The molecule has 0 bridgehead atoms. The minimum atomic E-state index is -4.66. The Morgan fingerprint density at radius 2 is 2.24 bits per heavy atom. The van der Waals surface area contributed by atoms with Crippen molar-refractivity contribution in [2.45, 2.75) is 25.8 Å². The molecule has 1 saturated heterocycles. The van der Waals surface area contributed by atoms with E-state index in [2.05, 4.69) is 4.98 Å². The minimum absolute atomic E-state index is 0.221. The quantitative estimate of drug-likeness (QED) is 0.236. The molecule has 1 aliphatic rings. The van der Waals surface area contributed by atoms with Crippen molar-refractivity contribution in [3.63, 3.8) is 0 Å². The molecule has 1 aromatic rings. The highest BCUT2D eigenvalue weighted by Crippen LogP contribution is 2.34. The zero-order valence-corrected chi connectivity index (χ0v) is 15.8. The van der Waals surface area contributed by atoms with Crippen LogP contribution >= 0.6 is 23.1 Å². The summed E-state index contributed by atoms with van der Waals surface area (Å²) in [6, 6.07) is -0.790. The van der Waals surface area contributed by atoms with Crippen molar-refractivity contribution in [1.82, 2.24) is 9.29 Å². The molecule has 2 rings (SSSR count). The Kier molecular flexibility index (Phi) is 6.19. The second kappa shape index (κ2) is 7.81. The van der Waals surface area contributed by atoms with Gasteiger partial charge in [-0.3, -0.25) is 19.6 Å². The lowest BCUT2D eigenvalue weighted by Gasteiger charge is -2.43. The molecule has 138 valence electrons. The van der Waals surface area contributed by atoms with Gasteiger partial charge in [0.1, 0.15) is 5.71 Å². The minimum Gasteiger partial charge on any atom is -0.375 e. The summed E-state index contributed by atoms with van der Waals surface area (Å²) in [4.78, 5) is 28.4. The van der Waals surface area contributed by atoms with Crippen molar-refractivity contribution < 1.29 is 22.6 Å². The van der Waals surface area contributed by atoms with E-state index in [1.54, 1.807) is 0 Å². The number of carbonyl (C=O) groups is 2. The van der Waals surface area contributed by atoms with E-state index in [0.29, 0.717) is 4.31 Å². The van der Waals surface area contributed by atoms with E-state index >= 15 is 0 Å². The highest BCUT2D eigenvalue weighted by Gasteiger charge is 2.53. The zero-order chi connectivity index (χ0) is 18.8. The Morgan fingerprint density at radius 1 is 1.56 bits per heavy atom. The van der Waals surface area contributed by atoms with Gasteiger partial charge in [-0.05, 0) is 12.2 Å². The van der Waals surface area contributed by atoms with Crippen LogP contribution in [0.3, 0.4) is 0 Å². The van der Waals surface area contributed by atoms with Gasteiger partial charge in [0.25, 0.3) is 0 Å². The summed E-state index contributed by atoms with van der Waals surface area (Å²) in [5.74, 6) is -1.24. The lowest BCUT2D eigenvalue weighted by molar-refractivity contribution is -0.147. The van der Waals surface area contributed by atoms with Crippen LogP contribution in [0.4, 0.5) is 5.13 Å². The van der Waals surface area contributed by atoms with Gasteiger partial charge >= 0.3 is 10.3 Å².